The van der Waals surface area contributed by atoms with Gasteiger partial charge in [0.05, 0.1) is 5.41 Å². The third kappa shape index (κ3) is 3.14. The lowest BCUT2D eigenvalue weighted by Gasteiger charge is -2.60. The molecule has 0 aromatic carbocycles. The van der Waals surface area contributed by atoms with Crippen molar-refractivity contribution in [2.24, 2.45) is 69.1 Å². The molecule has 3 heteroatoms. The normalized spacial score (nSPS) is 58.9. The quantitative estimate of drug-likeness (QED) is 0.317. The molecule has 12 saturated carbocycles. The number of carbonyl (C=O) groups excluding carboxylic acids is 1. The lowest BCUT2D eigenvalue weighted by Crippen LogP contribution is -2.57. The van der Waals surface area contributed by atoms with Gasteiger partial charge in [0.2, 0.25) is 0 Å². The molecule has 0 aromatic heterocycles. The van der Waals surface area contributed by atoms with E-state index in [0.717, 1.165) is 78.4 Å². The lowest BCUT2D eigenvalue weighted by atomic mass is 9.49. The Morgan fingerprint density at radius 2 is 0.800 bits per heavy atom. The molecule has 0 heterocycles. The van der Waals surface area contributed by atoms with Crippen LogP contribution in [0.25, 0.3) is 0 Å². The minimum absolute atomic E-state index is 0.0126. The highest BCUT2D eigenvalue weighted by molar-refractivity contribution is 5.97. The monoisotopic (exact) mass is 475 g/mol. The van der Waals surface area contributed by atoms with E-state index in [1.54, 1.807) is 0 Å². The first-order valence-corrected chi connectivity index (χ1v) is 15.8. The Morgan fingerprint density at radius 3 is 1.17 bits per heavy atom. The van der Waals surface area contributed by atoms with Crippen molar-refractivity contribution < 1.29 is 9.53 Å². The Morgan fingerprint density at radius 1 is 0.486 bits per heavy atom. The molecule has 0 aliphatic heterocycles. The van der Waals surface area contributed by atoms with E-state index in [4.69, 9.17) is 9.73 Å². The van der Waals surface area contributed by atoms with Gasteiger partial charge in [-0.15, -0.1) is 0 Å². The van der Waals surface area contributed by atoms with Gasteiger partial charge in [-0.2, -0.15) is 4.99 Å². The molecule has 0 N–H and O–H groups in total. The molecule has 0 unspecified atom stereocenters. The second kappa shape index (κ2) is 6.96. The number of ether oxygens (including phenoxy) is 1. The first kappa shape index (κ1) is 21.1. The van der Waals surface area contributed by atoms with Gasteiger partial charge in [-0.25, -0.2) is 0 Å². The summed E-state index contributed by atoms with van der Waals surface area (Å²) in [6.45, 7) is 0. The lowest BCUT2D eigenvalue weighted by molar-refractivity contribution is -0.144. The molecule has 0 spiro atoms. The molecule has 3 nitrogen and oxygen atoms in total. The fourth-order valence-corrected chi connectivity index (χ4v) is 13.6. The van der Waals surface area contributed by atoms with Crippen LogP contribution in [0, 0.1) is 64.1 Å². The average molecular weight is 476 g/mol. The predicted octanol–water partition coefficient (Wildman–Crippen LogP) is 7.33. The smallest absolute Gasteiger partial charge is 0.254 e. The summed E-state index contributed by atoms with van der Waals surface area (Å²) in [6.07, 6.45) is 23.7. The molecular weight excluding hydrogens is 430 g/mol. The average Bonchev–Trinajstić information content (AvgIpc) is 2.76. The van der Waals surface area contributed by atoms with Gasteiger partial charge in [-0.05, 0) is 169 Å². The van der Waals surface area contributed by atoms with Crippen molar-refractivity contribution in [1.82, 2.24) is 0 Å². The third-order valence-corrected chi connectivity index (χ3v) is 13.5. The van der Waals surface area contributed by atoms with Gasteiger partial charge in [-0.3, -0.25) is 4.79 Å². The zero-order valence-corrected chi connectivity index (χ0v) is 21.7. The maximum absolute atomic E-state index is 14.3. The molecule has 12 aliphatic rings. The topological polar surface area (TPSA) is 38.7 Å². The van der Waals surface area contributed by atoms with Crippen LogP contribution in [0.3, 0.4) is 0 Å². The summed E-state index contributed by atoms with van der Waals surface area (Å²) in [5, 5.41) is 0. The Labute approximate surface area is 211 Å². The van der Waals surface area contributed by atoms with Crippen molar-refractivity contribution in [3.63, 3.8) is 0 Å². The molecule has 12 bridgehead atoms. The summed E-state index contributed by atoms with van der Waals surface area (Å²) in [5.41, 5.74) is -0.0260. The van der Waals surface area contributed by atoms with Gasteiger partial charge >= 0.3 is 0 Å². The number of amides is 1. The maximum atomic E-state index is 14.3. The minimum Gasteiger partial charge on any atom is -0.474 e. The van der Waals surface area contributed by atoms with E-state index in [-0.39, 0.29) is 22.3 Å². The standard InChI is InChI=1S/C32H45NO2/c34-28(30-10-19-1-20(11-30)3-21(2-19)12-30)33-29(31-13-22-4-23(14-31)6-24(5-22)15-31)35-32-16-25-7-26(17-32)9-27(8-25)18-32/h19-27H,1-18H2. The first-order valence-electron chi connectivity index (χ1n) is 15.8. The van der Waals surface area contributed by atoms with Crippen LogP contribution in [0.15, 0.2) is 4.99 Å². The number of carbonyl (C=O) groups is 1. The molecule has 0 saturated heterocycles. The van der Waals surface area contributed by atoms with Crippen molar-refractivity contribution in [2.75, 3.05) is 0 Å². The Kier molecular flexibility index (Phi) is 4.20. The van der Waals surface area contributed by atoms with Crippen LogP contribution in [0.1, 0.15) is 116 Å². The van der Waals surface area contributed by atoms with Crippen molar-refractivity contribution >= 4 is 11.8 Å². The molecule has 1 amide bonds. The van der Waals surface area contributed by atoms with Gasteiger partial charge in [-0.1, -0.05) is 0 Å². The van der Waals surface area contributed by atoms with Crippen molar-refractivity contribution in [1.29, 1.82) is 0 Å². The first-order chi connectivity index (χ1) is 16.9. The van der Waals surface area contributed by atoms with Gasteiger partial charge < -0.3 is 4.74 Å². The molecule has 35 heavy (non-hydrogen) atoms. The zero-order chi connectivity index (χ0) is 23.0. The van der Waals surface area contributed by atoms with Crippen molar-refractivity contribution in [2.45, 2.75) is 121 Å². The largest absolute Gasteiger partial charge is 0.474 e. The summed E-state index contributed by atoms with van der Waals surface area (Å²) in [5.74, 6) is 8.87. The maximum Gasteiger partial charge on any atom is 0.254 e. The number of aliphatic imine (C=N–C) groups is 1. The Hall–Kier alpha value is -0.860. The number of hydrogen-bond acceptors (Lipinski definition) is 2. The SMILES string of the molecule is O=C(N=C(OC12CC3CC(CC(C3)C1)C2)C12CC3CC(CC(C3)C1)C2)C12CC3CC(CC(C3)C1)C2. The van der Waals surface area contributed by atoms with Gasteiger partial charge in [0, 0.05) is 5.41 Å². The van der Waals surface area contributed by atoms with E-state index in [0.29, 0.717) is 0 Å². The fraction of sp³-hybridized carbons (Fsp3) is 0.938. The third-order valence-electron chi connectivity index (χ3n) is 13.5. The van der Waals surface area contributed by atoms with E-state index in [1.165, 1.54) is 96.3 Å². The highest BCUT2D eigenvalue weighted by atomic mass is 16.5. The molecule has 190 valence electrons. The van der Waals surface area contributed by atoms with Crippen molar-refractivity contribution in [3.8, 4) is 0 Å². The number of hydrogen-bond donors (Lipinski definition) is 0. The molecule has 0 atom stereocenters. The van der Waals surface area contributed by atoms with Crippen LogP contribution in [0.2, 0.25) is 0 Å². The second-order valence-corrected chi connectivity index (χ2v) is 16.3. The van der Waals surface area contributed by atoms with Gasteiger partial charge in [0.15, 0.2) is 5.90 Å². The van der Waals surface area contributed by atoms with Gasteiger partial charge in [0.25, 0.3) is 5.91 Å². The van der Waals surface area contributed by atoms with E-state index in [9.17, 15) is 4.79 Å². The predicted molar refractivity (Wildman–Crippen MR) is 136 cm³/mol. The summed E-state index contributed by atoms with van der Waals surface area (Å²) in [6, 6.07) is 0. The summed E-state index contributed by atoms with van der Waals surface area (Å²) >= 11 is 0. The highest BCUT2D eigenvalue weighted by Gasteiger charge is 2.60. The molecule has 0 aromatic rings. The molecule has 12 fully saturated rings. The van der Waals surface area contributed by atoms with Gasteiger partial charge in [0.1, 0.15) is 5.60 Å². The summed E-state index contributed by atoms with van der Waals surface area (Å²) < 4.78 is 7.40. The number of rotatable bonds is 3. The molecule has 0 radical (unpaired) electrons. The molecule has 12 aliphatic carbocycles. The van der Waals surface area contributed by atoms with E-state index in [2.05, 4.69) is 0 Å². The van der Waals surface area contributed by atoms with Crippen LogP contribution in [-0.2, 0) is 9.53 Å². The Bertz CT molecular complexity index is 870. The molecule has 12 rings (SSSR count). The number of nitrogens with zero attached hydrogens (tertiary/aromatic N) is 1. The fourth-order valence-electron chi connectivity index (χ4n) is 13.6. The zero-order valence-electron chi connectivity index (χ0n) is 21.7. The van der Waals surface area contributed by atoms with Crippen LogP contribution in [-0.4, -0.2) is 17.4 Å². The molecular formula is C32H45NO2. The van der Waals surface area contributed by atoms with Crippen LogP contribution >= 0.6 is 0 Å². The van der Waals surface area contributed by atoms with Crippen molar-refractivity contribution in [3.05, 3.63) is 0 Å². The van der Waals surface area contributed by atoms with Crippen LogP contribution < -0.4 is 0 Å². The van der Waals surface area contributed by atoms with E-state index >= 15 is 0 Å². The Balaban J connectivity index is 1.10. The van der Waals surface area contributed by atoms with E-state index < -0.39 is 0 Å². The minimum atomic E-state index is -0.132. The van der Waals surface area contributed by atoms with Crippen LogP contribution in [0.4, 0.5) is 0 Å². The van der Waals surface area contributed by atoms with Crippen LogP contribution in [0.5, 0.6) is 0 Å². The highest BCUT2D eigenvalue weighted by Crippen LogP contribution is 2.64. The summed E-state index contributed by atoms with van der Waals surface area (Å²) in [4.78, 5) is 19.6. The summed E-state index contributed by atoms with van der Waals surface area (Å²) in [7, 11) is 0. The van der Waals surface area contributed by atoms with E-state index in [1.807, 2.05) is 0 Å². The second-order valence-electron chi connectivity index (χ2n) is 16.3.